The second kappa shape index (κ2) is 5.38. The maximum Gasteiger partial charge on any atom is 0.319 e. The van der Waals surface area contributed by atoms with Gasteiger partial charge in [0.05, 0.1) is 25.9 Å². The van der Waals surface area contributed by atoms with E-state index in [0.717, 1.165) is 12.8 Å². The average molecular weight is 313 g/mol. The van der Waals surface area contributed by atoms with Crippen LogP contribution in [-0.4, -0.2) is 44.9 Å². The van der Waals surface area contributed by atoms with E-state index in [-0.39, 0.29) is 12.1 Å². The van der Waals surface area contributed by atoms with Crippen LogP contribution in [0.5, 0.6) is 17.6 Å². The molecule has 0 radical (unpaired) electrons. The van der Waals surface area contributed by atoms with Gasteiger partial charge in [0, 0.05) is 24.7 Å². The molecule has 1 aliphatic rings. The highest BCUT2D eigenvalue weighted by Gasteiger charge is 2.25. The lowest BCUT2D eigenvalue weighted by Crippen LogP contribution is -2.04. The van der Waals surface area contributed by atoms with Crippen LogP contribution in [0.25, 0.3) is 16.9 Å². The monoisotopic (exact) mass is 313 g/mol. The zero-order valence-corrected chi connectivity index (χ0v) is 12.8. The molecule has 0 N–H and O–H groups in total. The molecule has 3 aromatic rings. The number of nitrogens with zero attached hydrogens (tertiary/aromatic N) is 5. The summed E-state index contributed by atoms with van der Waals surface area (Å²) in [5.41, 5.74) is 1.99. The van der Waals surface area contributed by atoms with Crippen molar-refractivity contribution in [1.82, 2.24) is 24.6 Å². The summed E-state index contributed by atoms with van der Waals surface area (Å²) >= 11 is 0. The standard InChI is InChI=1S/C15H15N5O3/c1-21-14-10(8-17-15(18-14)22-2)11-7-12(23-9-3-4-9)13-16-5-6-20(13)19-11/h5-9H,3-4H2,1-2H3. The van der Waals surface area contributed by atoms with Crippen LogP contribution in [0.15, 0.2) is 24.7 Å². The van der Waals surface area contributed by atoms with Crippen LogP contribution in [0.1, 0.15) is 12.8 Å². The number of hydrogen-bond acceptors (Lipinski definition) is 7. The van der Waals surface area contributed by atoms with Gasteiger partial charge in [0.1, 0.15) is 5.69 Å². The first-order chi connectivity index (χ1) is 11.3. The molecule has 1 aliphatic carbocycles. The summed E-state index contributed by atoms with van der Waals surface area (Å²) in [5.74, 6) is 1.08. The minimum atomic E-state index is 0.240. The predicted octanol–water partition coefficient (Wildman–Crippen LogP) is 1.74. The van der Waals surface area contributed by atoms with Crippen LogP contribution in [0, 0.1) is 0 Å². The van der Waals surface area contributed by atoms with Crippen molar-refractivity contribution in [3.63, 3.8) is 0 Å². The molecule has 0 atom stereocenters. The maximum absolute atomic E-state index is 5.95. The lowest BCUT2D eigenvalue weighted by molar-refractivity contribution is 0.304. The minimum Gasteiger partial charge on any atom is -0.486 e. The Hall–Kier alpha value is -2.90. The molecular formula is C15H15N5O3. The van der Waals surface area contributed by atoms with Crippen molar-refractivity contribution < 1.29 is 14.2 Å². The molecule has 0 unspecified atom stereocenters. The van der Waals surface area contributed by atoms with E-state index in [0.29, 0.717) is 28.5 Å². The molecule has 3 heterocycles. The topological polar surface area (TPSA) is 83.7 Å². The molecule has 0 aliphatic heterocycles. The number of rotatable bonds is 5. The van der Waals surface area contributed by atoms with Gasteiger partial charge in [-0.2, -0.15) is 10.1 Å². The SMILES string of the molecule is COc1ncc(-c2cc(OC3CC3)c3nccn3n2)c(OC)n1. The second-order valence-electron chi connectivity index (χ2n) is 5.19. The quantitative estimate of drug-likeness (QED) is 0.709. The first kappa shape index (κ1) is 13.7. The summed E-state index contributed by atoms with van der Waals surface area (Å²) < 4.78 is 18.0. The molecule has 0 bridgehead atoms. The highest BCUT2D eigenvalue weighted by Crippen LogP contribution is 2.33. The first-order valence-corrected chi connectivity index (χ1v) is 7.25. The molecule has 8 nitrogen and oxygen atoms in total. The van der Waals surface area contributed by atoms with Crippen LogP contribution in [0.3, 0.4) is 0 Å². The van der Waals surface area contributed by atoms with Crippen LogP contribution in [-0.2, 0) is 0 Å². The molecule has 1 fully saturated rings. The molecule has 1 saturated carbocycles. The van der Waals surface area contributed by atoms with E-state index < -0.39 is 0 Å². The maximum atomic E-state index is 5.95. The van der Waals surface area contributed by atoms with Gasteiger partial charge in [-0.15, -0.1) is 0 Å². The van der Waals surface area contributed by atoms with Gasteiger partial charge in [0.25, 0.3) is 0 Å². The molecule has 118 valence electrons. The first-order valence-electron chi connectivity index (χ1n) is 7.25. The lowest BCUT2D eigenvalue weighted by atomic mass is 10.2. The number of ether oxygens (including phenoxy) is 3. The van der Waals surface area contributed by atoms with Crippen molar-refractivity contribution in [3.05, 3.63) is 24.7 Å². The molecule has 3 aromatic heterocycles. The van der Waals surface area contributed by atoms with Gasteiger partial charge in [-0.1, -0.05) is 0 Å². The molecule has 0 saturated heterocycles. The molecule has 0 amide bonds. The molecule has 0 aromatic carbocycles. The van der Waals surface area contributed by atoms with E-state index in [1.165, 1.54) is 7.11 Å². The van der Waals surface area contributed by atoms with E-state index in [9.17, 15) is 0 Å². The van der Waals surface area contributed by atoms with Crippen molar-refractivity contribution in [2.75, 3.05) is 14.2 Å². The highest BCUT2D eigenvalue weighted by molar-refractivity contribution is 5.68. The number of methoxy groups -OCH3 is 2. The van der Waals surface area contributed by atoms with E-state index in [1.807, 2.05) is 6.07 Å². The van der Waals surface area contributed by atoms with Gasteiger partial charge in [-0.05, 0) is 12.8 Å². The molecule has 0 spiro atoms. The summed E-state index contributed by atoms with van der Waals surface area (Å²) in [4.78, 5) is 12.6. The Balaban J connectivity index is 1.84. The summed E-state index contributed by atoms with van der Waals surface area (Å²) in [6, 6.07) is 2.08. The summed E-state index contributed by atoms with van der Waals surface area (Å²) in [7, 11) is 3.05. The number of imidazole rings is 1. The van der Waals surface area contributed by atoms with E-state index in [1.54, 1.807) is 30.2 Å². The Kier molecular flexibility index (Phi) is 3.22. The van der Waals surface area contributed by atoms with Gasteiger partial charge in [-0.25, -0.2) is 14.5 Å². The van der Waals surface area contributed by atoms with Gasteiger partial charge >= 0.3 is 6.01 Å². The Morgan fingerprint density at radius 1 is 1.17 bits per heavy atom. The number of aromatic nitrogens is 5. The minimum absolute atomic E-state index is 0.240. The Morgan fingerprint density at radius 3 is 2.78 bits per heavy atom. The lowest BCUT2D eigenvalue weighted by Gasteiger charge is -2.11. The highest BCUT2D eigenvalue weighted by atomic mass is 16.5. The Morgan fingerprint density at radius 2 is 2.04 bits per heavy atom. The largest absolute Gasteiger partial charge is 0.486 e. The van der Waals surface area contributed by atoms with Crippen LogP contribution in [0.4, 0.5) is 0 Å². The van der Waals surface area contributed by atoms with Gasteiger partial charge < -0.3 is 14.2 Å². The van der Waals surface area contributed by atoms with Gasteiger partial charge in [-0.3, -0.25) is 0 Å². The smallest absolute Gasteiger partial charge is 0.319 e. The Bertz CT molecular complexity index is 859. The van der Waals surface area contributed by atoms with Crippen molar-refractivity contribution >= 4 is 5.65 Å². The normalized spacial score (nSPS) is 14.0. The third kappa shape index (κ3) is 2.52. The van der Waals surface area contributed by atoms with Crippen LogP contribution < -0.4 is 14.2 Å². The van der Waals surface area contributed by atoms with E-state index in [4.69, 9.17) is 14.2 Å². The number of hydrogen-bond donors (Lipinski definition) is 0. The van der Waals surface area contributed by atoms with Crippen LogP contribution in [0.2, 0.25) is 0 Å². The van der Waals surface area contributed by atoms with Gasteiger partial charge in [0.2, 0.25) is 5.88 Å². The molecule has 23 heavy (non-hydrogen) atoms. The third-order valence-corrected chi connectivity index (χ3v) is 3.53. The zero-order valence-electron chi connectivity index (χ0n) is 12.8. The predicted molar refractivity (Wildman–Crippen MR) is 80.8 cm³/mol. The second-order valence-corrected chi connectivity index (χ2v) is 5.19. The van der Waals surface area contributed by atoms with Crippen molar-refractivity contribution in [1.29, 1.82) is 0 Å². The Labute approximate surface area is 132 Å². The van der Waals surface area contributed by atoms with E-state index >= 15 is 0 Å². The fourth-order valence-electron chi connectivity index (χ4n) is 2.25. The van der Waals surface area contributed by atoms with Crippen molar-refractivity contribution in [2.45, 2.75) is 18.9 Å². The van der Waals surface area contributed by atoms with Crippen molar-refractivity contribution in [2.24, 2.45) is 0 Å². The van der Waals surface area contributed by atoms with E-state index in [2.05, 4.69) is 20.1 Å². The third-order valence-electron chi connectivity index (χ3n) is 3.53. The number of fused-ring (bicyclic) bond motifs is 1. The fourth-order valence-corrected chi connectivity index (χ4v) is 2.25. The molecular weight excluding hydrogens is 298 g/mol. The molecule has 4 rings (SSSR count). The van der Waals surface area contributed by atoms with Crippen LogP contribution >= 0.6 is 0 Å². The fraction of sp³-hybridized carbons (Fsp3) is 0.333. The molecule has 8 heteroatoms. The average Bonchev–Trinajstić information content (AvgIpc) is 3.27. The van der Waals surface area contributed by atoms with Gasteiger partial charge in [0.15, 0.2) is 11.4 Å². The zero-order chi connectivity index (χ0) is 15.8. The van der Waals surface area contributed by atoms with Crippen molar-refractivity contribution in [3.8, 4) is 28.9 Å². The summed E-state index contributed by atoms with van der Waals surface area (Å²) in [6.07, 6.45) is 7.48. The summed E-state index contributed by atoms with van der Waals surface area (Å²) in [5, 5.41) is 4.53. The summed E-state index contributed by atoms with van der Waals surface area (Å²) in [6.45, 7) is 0.